The van der Waals surface area contributed by atoms with Gasteiger partial charge in [-0.2, -0.15) is 4.99 Å². The van der Waals surface area contributed by atoms with E-state index in [9.17, 15) is 4.79 Å². The molecule has 0 amide bonds. The average molecular weight is 281 g/mol. The number of hydrogen-bond donors (Lipinski definition) is 0. The summed E-state index contributed by atoms with van der Waals surface area (Å²) in [6.45, 7) is 2.03. The number of aliphatic imine (C=N–C) groups is 1. The number of fused-ring (bicyclic) bond motifs is 2. The Labute approximate surface area is 121 Å². The Morgan fingerprint density at radius 2 is 1.76 bits per heavy atom. The van der Waals surface area contributed by atoms with Crippen LogP contribution in [0.25, 0.3) is 21.9 Å². The van der Waals surface area contributed by atoms with Gasteiger partial charge in [-0.1, -0.05) is 12.8 Å². The fourth-order valence-electron chi connectivity index (χ4n) is 3.77. The van der Waals surface area contributed by atoms with Gasteiger partial charge in [0, 0.05) is 21.9 Å². The van der Waals surface area contributed by atoms with Gasteiger partial charge in [0.2, 0.25) is 6.08 Å². The van der Waals surface area contributed by atoms with Crippen molar-refractivity contribution >= 4 is 28.0 Å². The molecule has 0 N–H and O–H groups in total. The summed E-state index contributed by atoms with van der Waals surface area (Å²) < 4.78 is 11.4. The molecule has 2 heterocycles. The lowest BCUT2D eigenvalue weighted by molar-refractivity contribution is 0.454. The molecule has 0 radical (unpaired) electrons. The zero-order valence-corrected chi connectivity index (χ0v) is 11.8. The molecule has 1 fully saturated rings. The van der Waals surface area contributed by atoms with E-state index < -0.39 is 5.54 Å². The largest absolute Gasteiger partial charge is 0.464 e. The number of isocyanates is 1. The van der Waals surface area contributed by atoms with Crippen molar-refractivity contribution in [3.63, 3.8) is 0 Å². The van der Waals surface area contributed by atoms with Crippen molar-refractivity contribution in [1.29, 1.82) is 0 Å². The quantitative estimate of drug-likeness (QED) is 0.510. The number of nitrogens with zero attached hydrogens (tertiary/aromatic N) is 1. The molecule has 106 valence electrons. The lowest BCUT2D eigenvalue weighted by Gasteiger charge is -2.24. The van der Waals surface area contributed by atoms with Gasteiger partial charge in [-0.15, -0.1) is 0 Å². The highest BCUT2D eigenvalue weighted by molar-refractivity contribution is 6.02. The molecule has 4 nitrogen and oxygen atoms in total. The van der Waals surface area contributed by atoms with Crippen molar-refractivity contribution in [2.75, 3.05) is 0 Å². The minimum Gasteiger partial charge on any atom is -0.464 e. The molecule has 2 aromatic heterocycles. The number of carbonyl (C=O) groups excluding carboxylic acids is 1. The van der Waals surface area contributed by atoms with Crippen molar-refractivity contribution in [3.8, 4) is 0 Å². The minimum absolute atomic E-state index is 0.520. The topological polar surface area (TPSA) is 55.7 Å². The summed E-state index contributed by atoms with van der Waals surface area (Å²) in [7, 11) is 0. The summed E-state index contributed by atoms with van der Waals surface area (Å²) in [4.78, 5) is 15.2. The Bertz CT molecular complexity index is 822. The summed E-state index contributed by atoms with van der Waals surface area (Å²) in [5.74, 6) is 0. The van der Waals surface area contributed by atoms with Gasteiger partial charge in [-0.05, 0) is 31.9 Å². The fourth-order valence-corrected chi connectivity index (χ4v) is 3.77. The highest BCUT2D eigenvalue weighted by atomic mass is 16.3. The Morgan fingerprint density at radius 3 is 2.48 bits per heavy atom. The fraction of sp³-hybridized carbons (Fsp3) is 0.353. The van der Waals surface area contributed by atoms with Gasteiger partial charge in [0.05, 0.1) is 12.5 Å². The van der Waals surface area contributed by atoms with Crippen LogP contribution >= 0.6 is 0 Å². The van der Waals surface area contributed by atoms with Crippen molar-refractivity contribution < 1.29 is 13.6 Å². The first-order chi connectivity index (χ1) is 10.3. The second kappa shape index (κ2) is 4.34. The van der Waals surface area contributed by atoms with Crippen molar-refractivity contribution in [2.45, 2.75) is 38.1 Å². The van der Waals surface area contributed by atoms with Gasteiger partial charge >= 0.3 is 0 Å². The third kappa shape index (κ3) is 1.57. The average Bonchev–Trinajstić information content (AvgIpc) is 3.18. The van der Waals surface area contributed by atoms with Crippen LogP contribution in [0.5, 0.6) is 0 Å². The van der Waals surface area contributed by atoms with E-state index in [4.69, 9.17) is 8.83 Å². The Hall–Kier alpha value is -2.32. The van der Waals surface area contributed by atoms with Crippen LogP contribution in [0.2, 0.25) is 0 Å². The number of hydrogen-bond acceptors (Lipinski definition) is 4. The van der Waals surface area contributed by atoms with E-state index >= 15 is 0 Å². The number of benzene rings is 1. The predicted octanol–water partition coefficient (Wildman–Crippen LogP) is 4.59. The first kappa shape index (κ1) is 12.4. The molecular weight excluding hydrogens is 266 g/mol. The smallest absolute Gasteiger partial charge is 0.235 e. The molecule has 1 aromatic carbocycles. The third-order valence-corrected chi connectivity index (χ3v) is 4.73. The SMILES string of the molecule is Cc1c2ccoc2c(C2(N=C=O)CCCC2)c2ccoc12. The van der Waals surface area contributed by atoms with Gasteiger partial charge in [-0.25, -0.2) is 4.79 Å². The van der Waals surface area contributed by atoms with Crippen LogP contribution < -0.4 is 0 Å². The van der Waals surface area contributed by atoms with E-state index in [0.29, 0.717) is 0 Å². The molecule has 1 aliphatic rings. The molecule has 0 atom stereocenters. The van der Waals surface area contributed by atoms with Crippen molar-refractivity contribution in [1.82, 2.24) is 0 Å². The molecule has 4 rings (SSSR count). The zero-order chi connectivity index (χ0) is 14.4. The third-order valence-electron chi connectivity index (χ3n) is 4.73. The van der Waals surface area contributed by atoms with Crippen molar-refractivity contribution in [2.24, 2.45) is 4.99 Å². The number of rotatable bonds is 2. The summed E-state index contributed by atoms with van der Waals surface area (Å²) >= 11 is 0. The lowest BCUT2D eigenvalue weighted by atomic mass is 9.84. The molecule has 4 heteroatoms. The zero-order valence-electron chi connectivity index (χ0n) is 11.8. The molecule has 3 aromatic rings. The maximum absolute atomic E-state index is 11.0. The predicted molar refractivity (Wildman–Crippen MR) is 79.0 cm³/mol. The Morgan fingerprint density at radius 1 is 1.10 bits per heavy atom. The Balaban J connectivity index is 2.19. The van der Waals surface area contributed by atoms with Crippen LogP contribution in [0.1, 0.15) is 36.8 Å². The molecule has 0 bridgehead atoms. The second-order valence-corrected chi connectivity index (χ2v) is 5.77. The molecule has 0 unspecified atom stereocenters. The van der Waals surface area contributed by atoms with Gasteiger partial charge in [0.15, 0.2) is 0 Å². The van der Waals surface area contributed by atoms with Gasteiger partial charge in [0.25, 0.3) is 0 Å². The van der Waals surface area contributed by atoms with Crippen LogP contribution in [0.4, 0.5) is 0 Å². The van der Waals surface area contributed by atoms with Crippen LogP contribution in [0.3, 0.4) is 0 Å². The van der Waals surface area contributed by atoms with E-state index in [0.717, 1.165) is 58.7 Å². The van der Waals surface area contributed by atoms with Crippen LogP contribution in [0, 0.1) is 6.92 Å². The van der Waals surface area contributed by atoms with Crippen LogP contribution in [0.15, 0.2) is 38.5 Å². The number of furan rings is 2. The molecule has 0 saturated heterocycles. The number of aryl methyl sites for hydroxylation is 1. The maximum atomic E-state index is 11.0. The highest BCUT2D eigenvalue weighted by Gasteiger charge is 2.40. The van der Waals surface area contributed by atoms with E-state index in [-0.39, 0.29) is 0 Å². The van der Waals surface area contributed by atoms with Gasteiger partial charge in [0.1, 0.15) is 16.7 Å². The van der Waals surface area contributed by atoms with Crippen molar-refractivity contribution in [3.05, 3.63) is 35.8 Å². The molecule has 21 heavy (non-hydrogen) atoms. The minimum atomic E-state index is -0.520. The Kier molecular flexibility index (Phi) is 2.57. The summed E-state index contributed by atoms with van der Waals surface area (Å²) in [6.07, 6.45) is 8.97. The first-order valence-electron chi connectivity index (χ1n) is 7.23. The molecule has 1 saturated carbocycles. The standard InChI is InChI=1S/C17H15NO3/c1-11-12-4-8-21-16(12)14(13-5-9-20-15(11)13)17(18-10-19)6-2-3-7-17/h4-5,8-9H,2-3,6-7H2,1H3. The normalized spacial score (nSPS) is 17.4. The lowest BCUT2D eigenvalue weighted by Crippen LogP contribution is -2.19. The molecule has 1 aliphatic carbocycles. The maximum Gasteiger partial charge on any atom is 0.235 e. The van der Waals surface area contributed by atoms with E-state index in [1.54, 1.807) is 18.6 Å². The summed E-state index contributed by atoms with van der Waals surface area (Å²) in [5.41, 5.74) is 3.20. The summed E-state index contributed by atoms with van der Waals surface area (Å²) in [6, 6.07) is 3.89. The highest BCUT2D eigenvalue weighted by Crippen LogP contribution is 2.48. The molecule has 0 aliphatic heterocycles. The van der Waals surface area contributed by atoms with E-state index in [2.05, 4.69) is 4.99 Å². The van der Waals surface area contributed by atoms with Gasteiger partial charge < -0.3 is 8.83 Å². The molecule has 0 spiro atoms. The summed E-state index contributed by atoms with van der Waals surface area (Å²) in [5, 5.41) is 2.02. The van der Waals surface area contributed by atoms with Crippen LogP contribution in [-0.2, 0) is 10.3 Å². The monoisotopic (exact) mass is 281 g/mol. The van der Waals surface area contributed by atoms with E-state index in [1.165, 1.54) is 0 Å². The van der Waals surface area contributed by atoms with E-state index in [1.807, 2.05) is 19.1 Å². The second-order valence-electron chi connectivity index (χ2n) is 5.77. The first-order valence-corrected chi connectivity index (χ1v) is 7.23. The van der Waals surface area contributed by atoms with Crippen LogP contribution in [-0.4, -0.2) is 6.08 Å². The van der Waals surface area contributed by atoms with Gasteiger partial charge in [-0.3, -0.25) is 0 Å². The molecular formula is C17H15NO3.